The molecule has 0 aliphatic rings. The summed E-state index contributed by atoms with van der Waals surface area (Å²) in [5.74, 6) is 1.51. The average Bonchev–Trinajstić information content (AvgIpc) is 2.29. The Labute approximate surface area is 118 Å². The van der Waals surface area contributed by atoms with Crippen LogP contribution in [0.15, 0.2) is 22.7 Å². The van der Waals surface area contributed by atoms with Crippen LogP contribution in [0.3, 0.4) is 0 Å². The standard InChI is InChI=1S/C14H23BrN2O/c1-10(2)9-17(3)13(8-16)12-7-11(15)5-6-14(12)18-4/h5-7,10,13H,8-9,16H2,1-4H3. The molecule has 0 amide bonds. The lowest BCUT2D eigenvalue weighted by Gasteiger charge is -2.30. The average molecular weight is 315 g/mol. The summed E-state index contributed by atoms with van der Waals surface area (Å²) in [6, 6.07) is 6.23. The van der Waals surface area contributed by atoms with Gasteiger partial charge in [0.05, 0.1) is 13.2 Å². The predicted octanol–water partition coefficient (Wildman–Crippen LogP) is 3.05. The van der Waals surface area contributed by atoms with Crippen LogP contribution < -0.4 is 10.5 Å². The SMILES string of the molecule is COc1ccc(Br)cc1C(CN)N(C)CC(C)C. The van der Waals surface area contributed by atoms with Gasteiger partial charge in [0, 0.05) is 23.1 Å². The molecule has 18 heavy (non-hydrogen) atoms. The molecular weight excluding hydrogens is 292 g/mol. The van der Waals surface area contributed by atoms with E-state index in [1.807, 2.05) is 12.1 Å². The summed E-state index contributed by atoms with van der Waals surface area (Å²) in [4.78, 5) is 2.29. The van der Waals surface area contributed by atoms with Crippen molar-refractivity contribution in [3.63, 3.8) is 0 Å². The number of hydrogen-bond donors (Lipinski definition) is 1. The number of nitrogens with two attached hydrogens (primary N) is 1. The van der Waals surface area contributed by atoms with E-state index >= 15 is 0 Å². The lowest BCUT2D eigenvalue weighted by molar-refractivity contribution is 0.219. The minimum atomic E-state index is 0.180. The second-order valence-electron chi connectivity index (χ2n) is 4.97. The Morgan fingerprint density at radius 1 is 1.39 bits per heavy atom. The number of likely N-dealkylation sites (N-methyl/N-ethyl adjacent to an activating group) is 1. The van der Waals surface area contributed by atoms with Gasteiger partial charge in [0.2, 0.25) is 0 Å². The van der Waals surface area contributed by atoms with Gasteiger partial charge >= 0.3 is 0 Å². The van der Waals surface area contributed by atoms with E-state index in [-0.39, 0.29) is 6.04 Å². The van der Waals surface area contributed by atoms with Crippen molar-refractivity contribution in [2.75, 3.05) is 27.2 Å². The second-order valence-corrected chi connectivity index (χ2v) is 5.89. The van der Waals surface area contributed by atoms with Crippen molar-refractivity contribution in [2.45, 2.75) is 19.9 Å². The molecule has 2 N–H and O–H groups in total. The van der Waals surface area contributed by atoms with Gasteiger partial charge in [-0.05, 0) is 31.2 Å². The number of nitrogens with zero attached hydrogens (tertiary/aromatic N) is 1. The molecule has 1 aromatic rings. The van der Waals surface area contributed by atoms with Gasteiger partial charge in [0.25, 0.3) is 0 Å². The van der Waals surface area contributed by atoms with E-state index in [1.54, 1.807) is 7.11 Å². The van der Waals surface area contributed by atoms with Gasteiger partial charge in [-0.3, -0.25) is 4.90 Å². The molecular formula is C14H23BrN2O. The minimum Gasteiger partial charge on any atom is -0.496 e. The van der Waals surface area contributed by atoms with Crippen molar-refractivity contribution in [3.05, 3.63) is 28.2 Å². The van der Waals surface area contributed by atoms with Gasteiger partial charge in [0.15, 0.2) is 0 Å². The highest BCUT2D eigenvalue weighted by Crippen LogP contribution is 2.31. The van der Waals surface area contributed by atoms with Crippen LogP contribution in [0.1, 0.15) is 25.5 Å². The maximum atomic E-state index is 5.94. The van der Waals surface area contributed by atoms with Crippen LogP contribution in [0, 0.1) is 5.92 Å². The van der Waals surface area contributed by atoms with Crippen molar-refractivity contribution < 1.29 is 4.74 Å². The zero-order valence-corrected chi connectivity index (χ0v) is 13.2. The number of benzene rings is 1. The Kier molecular flexibility index (Phi) is 6.12. The first kappa shape index (κ1) is 15.5. The lowest BCUT2D eigenvalue weighted by Crippen LogP contribution is -2.33. The Bertz CT molecular complexity index is 382. The summed E-state index contributed by atoms with van der Waals surface area (Å²) in [5.41, 5.74) is 7.08. The maximum absolute atomic E-state index is 5.94. The molecule has 1 rings (SSSR count). The third kappa shape index (κ3) is 3.97. The van der Waals surface area contributed by atoms with Gasteiger partial charge in [0.1, 0.15) is 5.75 Å². The molecule has 0 aromatic heterocycles. The van der Waals surface area contributed by atoms with Crippen LogP contribution in [0.4, 0.5) is 0 Å². The van der Waals surface area contributed by atoms with Gasteiger partial charge in [-0.25, -0.2) is 0 Å². The molecule has 0 spiro atoms. The predicted molar refractivity (Wildman–Crippen MR) is 80.0 cm³/mol. The third-order valence-corrected chi connectivity index (χ3v) is 3.45. The second kappa shape index (κ2) is 7.12. The van der Waals surface area contributed by atoms with Crippen molar-refractivity contribution in [3.8, 4) is 5.75 Å². The molecule has 4 heteroatoms. The summed E-state index contributed by atoms with van der Waals surface area (Å²) in [6.07, 6.45) is 0. The number of methoxy groups -OCH3 is 1. The molecule has 1 atom stereocenters. The number of ether oxygens (including phenoxy) is 1. The van der Waals surface area contributed by atoms with Crippen molar-refractivity contribution in [1.82, 2.24) is 4.90 Å². The van der Waals surface area contributed by atoms with E-state index in [4.69, 9.17) is 10.5 Å². The number of halogens is 1. The Hall–Kier alpha value is -0.580. The summed E-state index contributed by atoms with van der Waals surface area (Å²) < 4.78 is 6.49. The van der Waals surface area contributed by atoms with E-state index in [9.17, 15) is 0 Å². The van der Waals surface area contributed by atoms with E-state index in [0.29, 0.717) is 12.5 Å². The fourth-order valence-electron chi connectivity index (χ4n) is 2.21. The fraction of sp³-hybridized carbons (Fsp3) is 0.571. The van der Waals surface area contributed by atoms with E-state index in [1.165, 1.54) is 0 Å². The zero-order chi connectivity index (χ0) is 13.7. The van der Waals surface area contributed by atoms with E-state index in [2.05, 4.69) is 47.8 Å². The largest absolute Gasteiger partial charge is 0.496 e. The van der Waals surface area contributed by atoms with Crippen molar-refractivity contribution >= 4 is 15.9 Å². The normalized spacial score (nSPS) is 13.1. The van der Waals surface area contributed by atoms with E-state index < -0.39 is 0 Å². The summed E-state index contributed by atoms with van der Waals surface area (Å²) in [5, 5.41) is 0. The third-order valence-electron chi connectivity index (χ3n) is 2.96. The molecule has 3 nitrogen and oxygen atoms in total. The van der Waals surface area contributed by atoms with Crippen LogP contribution in [-0.4, -0.2) is 32.1 Å². The minimum absolute atomic E-state index is 0.180. The molecule has 0 radical (unpaired) electrons. The van der Waals surface area contributed by atoms with Crippen LogP contribution >= 0.6 is 15.9 Å². The highest BCUT2D eigenvalue weighted by atomic mass is 79.9. The summed E-state index contributed by atoms with van der Waals surface area (Å²) in [7, 11) is 3.81. The molecule has 0 aliphatic carbocycles. The Morgan fingerprint density at radius 2 is 2.06 bits per heavy atom. The van der Waals surface area contributed by atoms with E-state index in [0.717, 1.165) is 22.3 Å². The zero-order valence-electron chi connectivity index (χ0n) is 11.6. The maximum Gasteiger partial charge on any atom is 0.123 e. The quantitative estimate of drug-likeness (QED) is 0.877. The molecule has 0 saturated heterocycles. The first-order chi connectivity index (χ1) is 8.49. The smallest absolute Gasteiger partial charge is 0.123 e. The van der Waals surface area contributed by atoms with Crippen molar-refractivity contribution in [2.24, 2.45) is 11.7 Å². The molecule has 0 fully saturated rings. The fourth-order valence-corrected chi connectivity index (χ4v) is 2.59. The molecule has 1 unspecified atom stereocenters. The molecule has 0 bridgehead atoms. The number of rotatable bonds is 6. The van der Waals surface area contributed by atoms with Crippen LogP contribution in [0.25, 0.3) is 0 Å². The van der Waals surface area contributed by atoms with Crippen LogP contribution in [0.5, 0.6) is 5.75 Å². The summed E-state index contributed by atoms with van der Waals surface area (Å²) >= 11 is 3.51. The molecule has 0 saturated carbocycles. The van der Waals surface area contributed by atoms with Crippen LogP contribution in [-0.2, 0) is 0 Å². The highest BCUT2D eigenvalue weighted by molar-refractivity contribution is 9.10. The highest BCUT2D eigenvalue weighted by Gasteiger charge is 2.20. The molecule has 1 aromatic carbocycles. The first-order valence-corrected chi connectivity index (χ1v) is 7.02. The summed E-state index contributed by atoms with van der Waals surface area (Å²) in [6.45, 7) is 6.01. The van der Waals surface area contributed by atoms with Gasteiger partial charge in [-0.2, -0.15) is 0 Å². The van der Waals surface area contributed by atoms with Gasteiger partial charge in [-0.1, -0.05) is 29.8 Å². The first-order valence-electron chi connectivity index (χ1n) is 6.23. The molecule has 0 aliphatic heterocycles. The Balaban J connectivity index is 3.03. The van der Waals surface area contributed by atoms with Gasteiger partial charge in [-0.15, -0.1) is 0 Å². The van der Waals surface area contributed by atoms with Crippen molar-refractivity contribution in [1.29, 1.82) is 0 Å². The lowest BCUT2D eigenvalue weighted by atomic mass is 10.0. The molecule has 102 valence electrons. The van der Waals surface area contributed by atoms with Crippen LogP contribution in [0.2, 0.25) is 0 Å². The topological polar surface area (TPSA) is 38.5 Å². The molecule has 0 heterocycles. The monoisotopic (exact) mass is 314 g/mol. The Morgan fingerprint density at radius 3 is 2.56 bits per heavy atom. The number of hydrogen-bond acceptors (Lipinski definition) is 3. The van der Waals surface area contributed by atoms with Gasteiger partial charge < -0.3 is 10.5 Å².